The van der Waals surface area contributed by atoms with Gasteiger partial charge in [0.05, 0.1) is 10.6 Å². The third-order valence-electron chi connectivity index (χ3n) is 4.31. The van der Waals surface area contributed by atoms with Crippen molar-refractivity contribution in [3.05, 3.63) is 23.0 Å². The molecule has 118 valence electrons. The van der Waals surface area contributed by atoms with Crippen LogP contribution in [-0.4, -0.2) is 14.0 Å². The maximum atomic E-state index is 13.6. The summed E-state index contributed by atoms with van der Waals surface area (Å²) < 4.78 is 41.9. The number of nitrogen functional groups attached to an aromatic ring is 1. The molecule has 3 N–H and O–H groups in total. The Balaban J connectivity index is 2.43. The smallest absolute Gasteiger partial charge is 0.241 e. The van der Waals surface area contributed by atoms with Crippen LogP contribution >= 0.6 is 0 Å². The lowest BCUT2D eigenvalue weighted by molar-refractivity contribution is 0.294. The highest BCUT2D eigenvalue weighted by Gasteiger charge is 2.33. The zero-order valence-electron chi connectivity index (χ0n) is 12.8. The van der Waals surface area contributed by atoms with Crippen molar-refractivity contribution in [3.63, 3.8) is 0 Å². The molecule has 1 saturated carbocycles. The van der Waals surface area contributed by atoms with Crippen LogP contribution in [-0.2, 0) is 10.0 Å². The van der Waals surface area contributed by atoms with Gasteiger partial charge in [0, 0.05) is 5.54 Å². The lowest BCUT2D eigenvalue weighted by atomic mass is 9.84. The van der Waals surface area contributed by atoms with E-state index in [-0.39, 0.29) is 16.1 Å². The van der Waals surface area contributed by atoms with Crippen molar-refractivity contribution in [2.45, 2.75) is 63.3 Å². The van der Waals surface area contributed by atoms with Crippen LogP contribution in [0, 0.1) is 19.7 Å². The summed E-state index contributed by atoms with van der Waals surface area (Å²) in [6.07, 6.45) is 4.81. The summed E-state index contributed by atoms with van der Waals surface area (Å²) in [6, 6.07) is 1.18. The molecule has 2 rings (SSSR count). The van der Waals surface area contributed by atoms with E-state index in [1.54, 1.807) is 13.8 Å². The molecule has 1 aliphatic carbocycles. The Morgan fingerprint density at radius 1 is 1.24 bits per heavy atom. The van der Waals surface area contributed by atoms with Gasteiger partial charge in [-0.1, -0.05) is 19.3 Å². The lowest BCUT2D eigenvalue weighted by Crippen LogP contribution is -2.47. The van der Waals surface area contributed by atoms with E-state index in [0.717, 1.165) is 32.1 Å². The molecule has 0 heterocycles. The highest BCUT2D eigenvalue weighted by molar-refractivity contribution is 7.89. The van der Waals surface area contributed by atoms with Crippen LogP contribution in [0.5, 0.6) is 0 Å². The Morgan fingerprint density at radius 3 is 2.38 bits per heavy atom. The molecule has 0 unspecified atom stereocenters. The number of nitrogens with two attached hydrogens (primary N) is 1. The minimum absolute atomic E-state index is 0.102. The summed E-state index contributed by atoms with van der Waals surface area (Å²) in [4.78, 5) is 0.105. The Bertz CT molecular complexity index is 650. The first kappa shape index (κ1) is 16.2. The summed E-state index contributed by atoms with van der Waals surface area (Å²) in [5.41, 5.74) is 5.77. The predicted octanol–water partition coefficient (Wildman–Crippen LogP) is 3.03. The number of anilines is 1. The van der Waals surface area contributed by atoms with E-state index in [1.807, 2.05) is 6.92 Å². The van der Waals surface area contributed by atoms with Gasteiger partial charge in [-0.3, -0.25) is 0 Å². The minimum atomic E-state index is -3.72. The molecule has 1 aromatic rings. The fraction of sp³-hybridized carbons (Fsp3) is 0.600. The zero-order chi connectivity index (χ0) is 15.8. The number of rotatable bonds is 3. The number of hydrogen-bond acceptors (Lipinski definition) is 3. The van der Waals surface area contributed by atoms with Gasteiger partial charge in [-0.25, -0.2) is 17.5 Å². The van der Waals surface area contributed by atoms with E-state index in [9.17, 15) is 12.8 Å². The summed E-state index contributed by atoms with van der Waals surface area (Å²) in [6.45, 7) is 5.07. The molecular formula is C15H23FN2O2S. The second-order valence-corrected chi connectivity index (χ2v) is 7.89. The Morgan fingerprint density at radius 2 is 1.81 bits per heavy atom. The second kappa shape index (κ2) is 5.57. The first-order chi connectivity index (χ1) is 9.66. The molecule has 0 bridgehead atoms. The van der Waals surface area contributed by atoms with Gasteiger partial charge in [0.2, 0.25) is 10.0 Å². The quantitative estimate of drug-likeness (QED) is 0.842. The molecule has 0 aliphatic heterocycles. The van der Waals surface area contributed by atoms with Gasteiger partial charge in [0.1, 0.15) is 5.82 Å². The Hall–Kier alpha value is -1.14. The monoisotopic (exact) mass is 314 g/mol. The van der Waals surface area contributed by atoms with Crippen molar-refractivity contribution in [1.29, 1.82) is 0 Å². The topological polar surface area (TPSA) is 72.2 Å². The molecule has 1 fully saturated rings. The molecule has 6 heteroatoms. The van der Waals surface area contributed by atoms with Crippen LogP contribution in [0.15, 0.2) is 11.0 Å². The number of hydrogen-bond donors (Lipinski definition) is 2. The van der Waals surface area contributed by atoms with Crippen molar-refractivity contribution in [2.75, 3.05) is 5.73 Å². The van der Waals surface area contributed by atoms with Gasteiger partial charge in [0.25, 0.3) is 0 Å². The van der Waals surface area contributed by atoms with Gasteiger partial charge >= 0.3 is 0 Å². The first-order valence-electron chi connectivity index (χ1n) is 7.25. The molecule has 0 radical (unpaired) electrons. The number of sulfonamides is 1. The largest absolute Gasteiger partial charge is 0.396 e. The highest BCUT2D eigenvalue weighted by atomic mass is 32.2. The molecule has 0 saturated heterocycles. The van der Waals surface area contributed by atoms with E-state index in [4.69, 9.17) is 5.73 Å². The highest BCUT2D eigenvalue weighted by Crippen LogP contribution is 2.32. The van der Waals surface area contributed by atoms with E-state index in [2.05, 4.69) is 4.72 Å². The summed E-state index contributed by atoms with van der Waals surface area (Å²) in [5, 5.41) is 0. The first-order valence-corrected chi connectivity index (χ1v) is 8.74. The van der Waals surface area contributed by atoms with E-state index >= 15 is 0 Å². The van der Waals surface area contributed by atoms with Crippen LogP contribution in [0.2, 0.25) is 0 Å². The van der Waals surface area contributed by atoms with Crippen molar-refractivity contribution < 1.29 is 12.8 Å². The summed E-state index contributed by atoms with van der Waals surface area (Å²) in [7, 11) is -3.72. The number of aryl methyl sites for hydroxylation is 1. The maximum absolute atomic E-state index is 13.6. The Kier molecular flexibility index (Phi) is 4.31. The molecule has 0 amide bonds. The van der Waals surface area contributed by atoms with Crippen molar-refractivity contribution in [3.8, 4) is 0 Å². The molecule has 0 atom stereocenters. The Labute approximate surface area is 126 Å². The summed E-state index contributed by atoms with van der Waals surface area (Å²) in [5.74, 6) is -0.576. The molecule has 0 spiro atoms. The molecule has 1 aromatic carbocycles. The van der Waals surface area contributed by atoms with Crippen LogP contribution < -0.4 is 10.5 Å². The fourth-order valence-electron chi connectivity index (χ4n) is 3.15. The molecule has 0 aromatic heterocycles. The van der Waals surface area contributed by atoms with Crippen molar-refractivity contribution in [1.82, 2.24) is 4.72 Å². The third kappa shape index (κ3) is 3.21. The molecule has 4 nitrogen and oxygen atoms in total. The van der Waals surface area contributed by atoms with Gasteiger partial charge < -0.3 is 5.73 Å². The number of benzene rings is 1. The van der Waals surface area contributed by atoms with Crippen LogP contribution in [0.4, 0.5) is 10.1 Å². The van der Waals surface area contributed by atoms with Gasteiger partial charge in [0.15, 0.2) is 0 Å². The van der Waals surface area contributed by atoms with E-state index in [1.165, 1.54) is 6.07 Å². The number of nitrogens with one attached hydrogen (secondary N) is 1. The van der Waals surface area contributed by atoms with Crippen LogP contribution in [0.1, 0.15) is 50.2 Å². The fourth-order valence-corrected chi connectivity index (χ4v) is 5.10. The van der Waals surface area contributed by atoms with Gasteiger partial charge in [-0.05, 0) is 50.8 Å². The van der Waals surface area contributed by atoms with Crippen LogP contribution in [0.3, 0.4) is 0 Å². The minimum Gasteiger partial charge on any atom is -0.396 e. The van der Waals surface area contributed by atoms with Crippen molar-refractivity contribution in [2.24, 2.45) is 0 Å². The third-order valence-corrected chi connectivity index (χ3v) is 6.24. The van der Waals surface area contributed by atoms with Gasteiger partial charge in [-0.15, -0.1) is 0 Å². The zero-order valence-corrected chi connectivity index (χ0v) is 13.6. The predicted molar refractivity (Wildman–Crippen MR) is 82.1 cm³/mol. The standard InChI is InChI=1S/C15H23FN2O2S/c1-10-9-12(16)13(17)11(2)14(10)21(19,20)18-15(3)7-5-4-6-8-15/h9,18H,4-8,17H2,1-3H3. The van der Waals surface area contributed by atoms with E-state index < -0.39 is 21.4 Å². The number of halogens is 1. The van der Waals surface area contributed by atoms with Crippen molar-refractivity contribution >= 4 is 15.7 Å². The van der Waals surface area contributed by atoms with Crippen LogP contribution in [0.25, 0.3) is 0 Å². The molecule has 1 aliphatic rings. The molecular weight excluding hydrogens is 291 g/mol. The van der Waals surface area contributed by atoms with Gasteiger partial charge in [-0.2, -0.15) is 0 Å². The lowest BCUT2D eigenvalue weighted by Gasteiger charge is -2.34. The SMILES string of the molecule is Cc1cc(F)c(N)c(C)c1S(=O)(=O)NC1(C)CCCCC1. The summed E-state index contributed by atoms with van der Waals surface area (Å²) >= 11 is 0. The average molecular weight is 314 g/mol. The second-order valence-electron chi connectivity index (χ2n) is 6.27. The molecule has 21 heavy (non-hydrogen) atoms. The van der Waals surface area contributed by atoms with E-state index in [0.29, 0.717) is 5.56 Å². The maximum Gasteiger partial charge on any atom is 0.241 e. The normalized spacial score (nSPS) is 18.7. The average Bonchev–Trinajstić information content (AvgIpc) is 2.35.